The van der Waals surface area contributed by atoms with Gasteiger partial charge in [0.25, 0.3) is 29.0 Å². The molecule has 0 saturated carbocycles. The number of aliphatic hydroxyl groups is 2. The third-order valence-corrected chi connectivity index (χ3v) is 9.51. The zero-order valence-corrected chi connectivity index (χ0v) is 23.1. The van der Waals surface area contributed by atoms with Crippen LogP contribution in [-0.2, 0) is 44.4 Å². The van der Waals surface area contributed by atoms with Gasteiger partial charge < -0.3 is 48.6 Å². The molecule has 3 aromatic rings. The monoisotopic (exact) mass is 622 g/mol. The molecule has 1 aromatic carbocycles. The van der Waals surface area contributed by atoms with Crippen molar-refractivity contribution in [3.63, 3.8) is 0 Å². The number of rotatable bonds is 11. The van der Waals surface area contributed by atoms with Crippen LogP contribution in [0.1, 0.15) is 23.2 Å². The first-order chi connectivity index (χ1) is 18.6. The summed E-state index contributed by atoms with van der Waals surface area (Å²) in [4.78, 5) is 62.0. The molecular formula is C20H23N3O14P3-3. The van der Waals surface area contributed by atoms with Crippen LogP contribution in [0.4, 0.5) is 0 Å². The maximum absolute atomic E-state index is 12.8. The summed E-state index contributed by atoms with van der Waals surface area (Å²) in [5.41, 5.74) is 1.23. The minimum absolute atomic E-state index is 0.121. The second kappa shape index (κ2) is 11.7. The van der Waals surface area contributed by atoms with Crippen molar-refractivity contribution in [1.82, 2.24) is 14.5 Å². The Hall–Kier alpha value is -2.07. The molecule has 1 saturated heterocycles. The second-order valence-electron chi connectivity index (χ2n) is 8.77. The van der Waals surface area contributed by atoms with Crippen molar-refractivity contribution in [2.75, 3.05) is 6.61 Å². The van der Waals surface area contributed by atoms with Gasteiger partial charge in [0.1, 0.15) is 29.8 Å². The van der Waals surface area contributed by atoms with E-state index in [1.807, 2.05) is 30.3 Å². The van der Waals surface area contributed by atoms with Gasteiger partial charge in [0, 0.05) is 6.20 Å². The Balaban J connectivity index is 1.54. The first kappa shape index (κ1) is 30.9. The van der Waals surface area contributed by atoms with Crippen molar-refractivity contribution in [1.29, 1.82) is 0 Å². The topological polar surface area (TPSA) is 269 Å². The number of hydrogen-bond acceptors (Lipinski definition) is 14. The van der Waals surface area contributed by atoms with Crippen molar-refractivity contribution in [3.05, 3.63) is 63.8 Å². The molecule has 4 N–H and O–H groups in total. The number of fused-ring (bicyclic) bond motifs is 1. The molecule has 0 aliphatic carbocycles. The van der Waals surface area contributed by atoms with Crippen LogP contribution < -0.4 is 20.2 Å². The highest BCUT2D eigenvalue weighted by Gasteiger charge is 2.45. The van der Waals surface area contributed by atoms with E-state index in [0.29, 0.717) is 18.4 Å². The largest absolute Gasteiger partial charge is 0.756 e. The normalized spacial score (nSPS) is 25.9. The number of aryl methyl sites for hydroxylation is 3. The molecule has 0 bridgehead atoms. The molecule has 0 amide bonds. The summed E-state index contributed by atoms with van der Waals surface area (Å²) >= 11 is 0. The van der Waals surface area contributed by atoms with Gasteiger partial charge in [-0.2, -0.15) is 0 Å². The average molecular weight is 622 g/mol. The highest BCUT2D eigenvalue weighted by Crippen LogP contribution is 2.61. The van der Waals surface area contributed by atoms with Gasteiger partial charge in [-0.3, -0.25) is 18.5 Å². The Bertz CT molecular complexity index is 1570. The maximum atomic E-state index is 12.8. The van der Waals surface area contributed by atoms with Crippen molar-refractivity contribution in [2.45, 2.75) is 44.3 Å². The Kier molecular flexibility index (Phi) is 9.00. The maximum Gasteiger partial charge on any atom is 0.280 e. The van der Waals surface area contributed by atoms with E-state index in [-0.39, 0.29) is 16.9 Å². The lowest BCUT2D eigenvalue weighted by Gasteiger charge is -2.33. The number of hydrogen-bond donors (Lipinski definition) is 4. The van der Waals surface area contributed by atoms with Gasteiger partial charge in [-0.15, -0.1) is 0 Å². The summed E-state index contributed by atoms with van der Waals surface area (Å²) in [6, 6.07) is 9.42. The van der Waals surface area contributed by atoms with Gasteiger partial charge in [0.05, 0.1) is 12.0 Å². The Morgan fingerprint density at radius 1 is 1.05 bits per heavy atom. The summed E-state index contributed by atoms with van der Waals surface area (Å²) in [5, 5.41) is 21.4. The van der Waals surface area contributed by atoms with Gasteiger partial charge in [0.2, 0.25) is 0 Å². The van der Waals surface area contributed by atoms with Crippen LogP contribution in [0.3, 0.4) is 0 Å². The van der Waals surface area contributed by atoms with Crippen LogP contribution in [0.25, 0.3) is 11.0 Å². The highest BCUT2D eigenvalue weighted by atomic mass is 31.3. The van der Waals surface area contributed by atoms with Gasteiger partial charge in [-0.1, -0.05) is 30.3 Å². The zero-order valence-electron chi connectivity index (χ0n) is 20.5. The molecule has 0 radical (unpaired) electrons. The third kappa shape index (κ3) is 7.41. The van der Waals surface area contributed by atoms with E-state index in [1.54, 1.807) is 0 Å². The number of nitrogens with zero attached hydrogens (tertiary/aromatic N) is 2. The number of phosphoric acid groups is 3. The number of ether oxygens (including phenoxy) is 1. The third-order valence-electron chi connectivity index (χ3n) is 5.82. The molecule has 17 nitrogen and oxygen atoms in total. The number of benzene rings is 1. The predicted molar refractivity (Wildman–Crippen MR) is 128 cm³/mol. The fraction of sp³-hybridized carbons (Fsp3) is 0.400. The Morgan fingerprint density at radius 2 is 1.73 bits per heavy atom. The van der Waals surface area contributed by atoms with E-state index in [0.717, 1.165) is 5.56 Å². The van der Waals surface area contributed by atoms with Crippen LogP contribution in [0.2, 0.25) is 0 Å². The highest BCUT2D eigenvalue weighted by molar-refractivity contribution is 7.65. The van der Waals surface area contributed by atoms with Gasteiger partial charge in [0.15, 0.2) is 6.23 Å². The molecular weight excluding hydrogens is 599 g/mol. The number of aromatic nitrogens is 3. The molecule has 3 heterocycles. The summed E-state index contributed by atoms with van der Waals surface area (Å²) in [5.74, 6) is 0.249. The van der Waals surface area contributed by atoms with Crippen LogP contribution in [0.5, 0.6) is 0 Å². The first-order valence-electron chi connectivity index (χ1n) is 11.4. The predicted octanol–water partition coefficient (Wildman–Crippen LogP) is -1.12. The van der Waals surface area contributed by atoms with E-state index in [1.165, 1.54) is 17.7 Å². The molecule has 20 heteroatoms. The van der Waals surface area contributed by atoms with Gasteiger partial charge >= 0.3 is 0 Å². The lowest BCUT2D eigenvalue weighted by molar-refractivity contribution is -0.250. The molecule has 1 fully saturated rings. The molecule has 220 valence electrons. The Morgan fingerprint density at radius 3 is 2.38 bits per heavy atom. The number of aliphatic hydroxyl groups excluding tert-OH is 2. The molecule has 7 atom stereocenters. The van der Waals surface area contributed by atoms with Crippen LogP contribution in [0.15, 0.2) is 41.3 Å². The van der Waals surface area contributed by atoms with E-state index < -0.39 is 60.2 Å². The lowest BCUT2D eigenvalue weighted by atomic mass is 10.1. The molecule has 40 heavy (non-hydrogen) atoms. The minimum Gasteiger partial charge on any atom is -0.756 e. The summed E-state index contributed by atoms with van der Waals surface area (Å²) in [6.45, 7) is 0.447. The van der Waals surface area contributed by atoms with Crippen LogP contribution in [-0.4, -0.2) is 54.6 Å². The van der Waals surface area contributed by atoms with Gasteiger partial charge in [-0.05, 0) is 30.9 Å². The van der Waals surface area contributed by atoms with Crippen molar-refractivity contribution < 1.29 is 61.4 Å². The van der Waals surface area contributed by atoms with Crippen molar-refractivity contribution >= 4 is 34.5 Å². The molecule has 0 spiro atoms. The van der Waals surface area contributed by atoms with Crippen LogP contribution >= 0.6 is 23.5 Å². The molecule has 2 aromatic heterocycles. The van der Waals surface area contributed by atoms with E-state index >= 15 is 0 Å². The second-order valence-corrected chi connectivity index (χ2v) is 13.1. The molecule has 1 aliphatic heterocycles. The lowest BCUT2D eigenvalue weighted by Crippen LogP contribution is -2.34. The summed E-state index contributed by atoms with van der Waals surface area (Å²) < 4.78 is 51.8. The fourth-order valence-electron chi connectivity index (χ4n) is 4.20. The van der Waals surface area contributed by atoms with Crippen molar-refractivity contribution in [2.24, 2.45) is 0 Å². The summed E-state index contributed by atoms with van der Waals surface area (Å²) in [6.07, 6.45) is -3.94. The number of nitrogens with one attached hydrogen (secondary N) is 1. The Labute approximate surface area is 225 Å². The quantitative estimate of drug-likeness (QED) is 0.185. The van der Waals surface area contributed by atoms with E-state index in [4.69, 9.17) is 9.63 Å². The number of phosphoric ester groups is 1. The standard InChI is InChI=1S/C20H26N3O14P3/c1-11-21-18-15(19(26)22-11)13(8-7-12-5-3-2-4-6-12)9-23(18)20-17(25)16(24)14(35-20)10-34-39(30,31)37-40(32,33)36-38(27,28)29/h2-6,9,14,16-17,20,24-25H,7-8,10H2,1H3,(H,30,31)(H,32,33)(H,21,22,26)(H2,27,28,29)/p-3. The SMILES string of the molecule is Cc1nc2c(c(CCc3ccccc3)cn2C2OC(COP(=O)([O-])OP(=O)([O-])OP(=O)([O-])O)C(O)C2O)c(=O)[nH]1. The minimum atomic E-state index is -6.12. The van der Waals surface area contributed by atoms with E-state index in [2.05, 4.69) is 23.1 Å². The van der Waals surface area contributed by atoms with Gasteiger partial charge in [-0.25, -0.2) is 13.6 Å². The van der Waals surface area contributed by atoms with E-state index in [9.17, 15) is 43.4 Å². The first-order valence-corrected chi connectivity index (χ1v) is 15.9. The number of H-pyrrole nitrogens is 1. The zero-order chi connectivity index (χ0) is 29.5. The number of aromatic amines is 1. The fourth-order valence-corrected chi connectivity index (χ4v) is 7.09. The van der Waals surface area contributed by atoms with Crippen molar-refractivity contribution in [3.8, 4) is 0 Å². The smallest absolute Gasteiger partial charge is 0.280 e. The summed E-state index contributed by atoms with van der Waals surface area (Å²) in [7, 11) is -17.9. The van der Waals surface area contributed by atoms with Crippen LogP contribution in [0, 0.1) is 6.92 Å². The molecule has 7 unspecified atom stereocenters. The molecule has 4 rings (SSSR count). The average Bonchev–Trinajstić information content (AvgIpc) is 3.32. The molecule has 1 aliphatic rings.